The summed E-state index contributed by atoms with van der Waals surface area (Å²) in [7, 11) is 1.81. The van der Waals surface area contributed by atoms with Crippen molar-refractivity contribution in [1.29, 1.82) is 0 Å². The maximum Gasteiger partial charge on any atom is 0.0618 e. The zero-order valence-corrected chi connectivity index (χ0v) is 11.5. The number of hydrogen-bond donors (Lipinski definition) is 1. The highest BCUT2D eigenvalue weighted by Gasteiger charge is 2.29. The molecule has 1 fully saturated rings. The minimum Gasteiger partial charge on any atom is -0.383 e. The summed E-state index contributed by atoms with van der Waals surface area (Å²) in [6.07, 6.45) is 5.33. The summed E-state index contributed by atoms with van der Waals surface area (Å²) in [5, 5.41) is 3.65. The molecule has 2 nitrogen and oxygen atoms in total. The maximum atomic E-state index is 5.35. The normalized spacial score (nSPS) is 32.6. The molecule has 1 aliphatic carbocycles. The Morgan fingerprint density at radius 3 is 2.56 bits per heavy atom. The second-order valence-corrected chi connectivity index (χ2v) is 5.54. The van der Waals surface area contributed by atoms with Crippen LogP contribution in [0, 0.1) is 17.8 Å². The van der Waals surface area contributed by atoms with Crippen LogP contribution in [0.4, 0.5) is 0 Å². The second-order valence-electron chi connectivity index (χ2n) is 5.54. The standard InChI is InChI=1S/C14H29NO/c1-5-8-15-14(10-16-4)13-7-6-11(2)12(3)9-13/h11-15H,5-10H2,1-4H3. The molecule has 0 heterocycles. The molecule has 0 radical (unpaired) electrons. The van der Waals surface area contributed by atoms with E-state index in [0.717, 1.165) is 30.9 Å². The Morgan fingerprint density at radius 2 is 2.00 bits per heavy atom. The van der Waals surface area contributed by atoms with Gasteiger partial charge < -0.3 is 10.1 Å². The first-order valence-electron chi connectivity index (χ1n) is 6.91. The molecule has 0 aromatic rings. The van der Waals surface area contributed by atoms with Crippen LogP contribution in [0.15, 0.2) is 0 Å². The van der Waals surface area contributed by atoms with Gasteiger partial charge in [-0.05, 0) is 43.6 Å². The molecular weight excluding hydrogens is 198 g/mol. The molecule has 0 spiro atoms. The smallest absolute Gasteiger partial charge is 0.0618 e. The van der Waals surface area contributed by atoms with E-state index in [9.17, 15) is 0 Å². The molecule has 1 aliphatic rings. The Morgan fingerprint density at radius 1 is 1.25 bits per heavy atom. The first-order chi connectivity index (χ1) is 7.69. The number of ether oxygens (including phenoxy) is 1. The van der Waals surface area contributed by atoms with E-state index in [-0.39, 0.29) is 0 Å². The molecule has 0 bridgehead atoms. The van der Waals surface area contributed by atoms with Crippen molar-refractivity contribution in [3.8, 4) is 0 Å². The van der Waals surface area contributed by atoms with Crippen LogP contribution in [0.1, 0.15) is 46.5 Å². The van der Waals surface area contributed by atoms with Crippen molar-refractivity contribution >= 4 is 0 Å². The molecule has 1 saturated carbocycles. The predicted octanol–water partition coefficient (Wildman–Crippen LogP) is 3.07. The largest absolute Gasteiger partial charge is 0.383 e. The van der Waals surface area contributed by atoms with Crippen molar-refractivity contribution in [3.05, 3.63) is 0 Å². The molecule has 0 amide bonds. The lowest BCUT2D eigenvalue weighted by atomic mass is 9.73. The monoisotopic (exact) mass is 227 g/mol. The molecule has 16 heavy (non-hydrogen) atoms. The van der Waals surface area contributed by atoms with Gasteiger partial charge >= 0.3 is 0 Å². The van der Waals surface area contributed by atoms with Crippen LogP contribution >= 0.6 is 0 Å². The SMILES string of the molecule is CCCNC(COC)C1CCC(C)C(C)C1. The van der Waals surface area contributed by atoms with Gasteiger partial charge in [0.25, 0.3) is 0 Å². The minimum absolute atomic E-state index is 0.569. The van der Waals surface area contributed by atoms with E-state index >= 15 is 0 Å². The first-order valence-corrected chi connectivity index (χ1v) is 6.91. The van der Waals surface area contributed by atoms with Crippen molar-refractivity contribution in [2.45, 2.75) is 52.5 Å². The molecule has 0 aliphatic heterocycles. The lowest BCUT2D eigenvalue weighted by molar-refractivity contribution is 0.101. The van der Waals surface area contributed by atoms with Gasteiger partial charge in [0.15, 0.2) is 0 Å². The van der Waals surface area contributed by atoms with Crippen LogP contribution in [-0.2, 0) is 4.74 Å². The summed E-state index contributed by atoms with van der Waals surface area (Å²) in [5.41, 5.74) is 0. The van der Waals surface area contributed by atoms with E-state index < -0.39 is 0 Å². The van der Waals surface area contributed by atoms with Gasteiger partial charge in [-0.2, -0.15) is 0 Å². The third-order valence-electron chi connectivity index (χ3n) is 4.21. The molecule has 4 atom stereocenters. The minimum atomic E-state index is 0.569. The zero-order valence-electron chi connectivity index (χ0n) is 11.5. The van der Waals surface area contributed by atoms with Crippen molar-refractivity contribution < 1.29 is 4.74 Å². The molecule has 0 saturated heterocycles. The number of methoxy groups -OCH3 is 1. The molecule has 4 unspecified atom stereocenters. The first kappa shape index (κ1) is 14.0. The molecule has 1 rings (SSSR count). The van der Waals surface area contributed by atoms with E-state index in [1.54, 1.807) is 0 Å². The number of rotatable bonds is 6. The van der Waals surface area contributed by atoms with Gasteiger partial charge in [0.1, 0.15) is 0 Å². The van der Waals surface area contributed by atoms with E-state index in [0.29, 0.717) is 6.04 Å². The summed E-state index contributed by atoms with van der Waals surface area (Å²) in [4.78, 5) is 0. The summed E-state index contributed by atoms with van der Waals surface area (Å²) >= 11 is 0. The van der Waals surface area contributed by atoms with Crippen LogP contribution < -0.4 is 5.32 Å². The van der Waals surface area contributed by atoms with Crippen LogP contribution in [0.3, 0.4) is 0 Å². The van der Waals surface area contributed by atoms with Gasteiger partial charge in [-0.1, -0.05) is 27.2 Å². The summed E-state index contributed by atoms with van der Waals surface area (Å²) in [6.45, 7) is 9.01. The average Bonchev–Trinajstić information content (AvgIpc) is 2.28. The fourth-order valence-corrected chi connectivity index (χ4v) is 2.83. The topological polar surface area (TPSA) is 21.3 Å². The lowest BCUT2D eigenvalue weighted by Gasteiger charge is -2.37. The summed E-state index contributed by atoms with van der Waals surface area (Å²) in [6, 6.07) is 0.569. The number of hydrogen-bond acceptors (Lipinski definition) is 2. The highest BCUT2D eigenvalue weighted by molar-refractivity contribution is 4.83. The van der Waals surface area contributed by atoms with Crippen LogP contribution in [-0.4, -0.2) is 26.3 Å². The van der Waals surface area contributed by atoms with E-state index in [2.05, 4.69) is 26.1 Å². The Kier molecular flexibility index (Phi) is 6.37. The third-order valence-corrected chi connectivity index (χ3v) is 4.21. The summed E-state index contributed by atoms with van der Waals surface area (Å²) in [5.74, 6) is 2.60. The Balaban J connectivity index is 2.43. The van der Waals surface area contributed by atoms with Crippen molar-refractivity contribution in [2.75, 3.05) is 20.3 Å². The summed E-state index contributed by atoms with van der Waals surface area (Å²) < 4.78 is 5.35. The second kappa shape index (κ2) is 7.29. The van der Waals surface area contributed by atoms with E-state index in [1.807, 2.05) is 7.11 Å². The van der Waals surface area contributed by atoms with Gasteiger partial charge in [-0.3, -0.25) is 0 Å². The van der Waals surface area contributed by atoms with Crippen LogP contribution in [0.25, 0.3) is 0 Å². The van der Waals surface area contributed by atoms with Gasteiger partial charge in [-0.25, -0.2) is 0 Å². The van der Waals surface area contributed by atoms with Gasteiger partial charge in [0.05, 0.1) is 6.61 Å². The number of nitrogens with one attached hydrogen (secondary N) is 1. The highest BCUT2D eigenvalue weighted by Crippen LogP contribution is 2.35. The fraction of sp³-hybridized carbons (Fsp3) is 1.00. The maximum absolute atomic E-state index is 5.35. The predicted molar refractivity (Wildman–Crippen MR) is 69.6 cm³/mol. The van der Waals surface area contributed by atoms with E-state index in [4.69, 9.17) is 4.74 Å². The molecule has 2 heteroatoms. The third kappa shape index (κ3) is 4.06. The molecule has 96 valence electrons. The Labute approximate surface area is 101 Å². The average molecular weight is 227 g/mol. The highest BCUT2D eigenvalue weighted by atomic mass is 16.5. The van der Waals surface area contributed by atoms with Crippen molar-refractivity contribution in [2.24, 2.45) is 17.8 Å². The van der Waals surface area contributed by atoms with Crippen LogP contribution in [0.5, 0.6) is 0 Å². The Hall–Kier alpha value is -0.0800. The molecule has 1 N–H and O–H groups in total. The zero-order chi connectivity index (χ0) is 12.0. The van der Waals surface area contributed by atoms with Gasteiger partial charge in [0, 0.05) is 13.2 Å². The van der Waals surface area contributed by atoms with E-state index in [1.165, 1.54) is 25.7 Å². The quantitative estimate of drug-likeness (QED) is 0.753. The van der Waals surface area contributed by atoms with Crippen molar-refractivity contribution in [1.82, 2.24) is 5.32 Å². The van der Waals surface area contributed by atoms with Gasteiger partial charge in [0.2, 0.25) is 0 Å². The lowest BCUT2D eigenvalue weighted by Crippen LogP contribution is -2.43. The molecule has 0 aromatic carbocycles. The van der Waals surface area contributed by atoms with Gasteiger partial charge in [-0.15, -0.1) is 0 Å². The molecular formula is C14H29NO. The van der Waals surface area contributed by atoms with Crippen molar-refractivity contribution in [3.63, 3.8) is 0 Å². The Bertz CT molecular complexity index is 182. The fourth-order valence-electron chi connectivity index (χ4n) is 2.83. The molecule has 0 aromatic heterocycles. The van der Waals surface area contributed by atoms with Crippen LogP contribution in [0.2, 0.25) is 0 Å².